The third-order valence-corrected chi connectivity index (χ3v) is 5.99. The first-order valence-electron chi connectivity index (χ1n) is 9.82. The van der Waals surface area contributed by atoms with Crippen LogP contribution in [0, 0.1) is 0 Å². The van der Waals surface area contributed by atoms with E-state index in [1.807, 2.05) is 45.9 Å². The minimum Gasteiger partial charge on any atom is -0.496 e. The number of hydrogen-bond acceptors (Lipinski definition) is 5. The van der Waals surface area contributed by atoms with Gasteiger partial charge >= 0.3 is 13.2 Å². The second-order valence-electron chi connectivity index (χ2n) is 8.63. The Kier molecular flexibility index (Phi) is 5.82. The zero-order valence-corrected chi connectivity index (χ0v) is 17.7. The molecule has 1 aromatic carbocycles. The molecule has 2 amide bonds. The molecule has 9 heteroatoms. The Morgan fingerprint density at radius 2 is 1.97 bits per heavy atom. The smallest absolute Gasteiger partial charge is 0.494 e. The van der Waals surface area contributed by atoms with E-state index in [1.165, 1.54) is 4.90 Å². The molecule has 0 spiro atoms. The maximum absolute atomic E-state index is 11.7. The summed E-state index contributed by atoms with van der Waals surface area (Å²) in [4.78, 5) is 24.4. The molecule has 29 heavy (non-hydrogen) atoms. The highest BCUT2D eigenvalue weighted by atomic mass is 16.7. The van der Waals surface area contributed by atoms with Gasteiger partial charge in [-0.3, -0.25) is 4.79 Å². The number of carboxylic acid groups (broad SMARTS) is 1. The maximum Gasteiger partial charge on any atom is 0.494 e. The van der Waals surface area contributed by atoms with Crippen molar-refractivity contribution < 1.29 is 28.7 Å². The average Bonchev–Trinajstić information content (AvgIpc) is 3.13. The van der Waals surface area contributed by atoms with Gasteiger partial charge in [-0.2, -0.15) is 0 Å². The van der Waals surface area contributed by atoms with Gasteiger partial charge in [-0.25, -0.2) is 4.79 Å². The van der Waals surface area contributed by atoms with Crippen molar-refractivity contribution in [2.45, 2.75) is 64.3 Å². The average molecular weight is 404 g/mol. The van der Waals surface area contributed by atoms with Gasteiger partial charge in [0.25, 0.3) is 0 Å². The third kappa shape index (κ3) is 4.51. The molecular formula is C20H29BN2O6. The zero-order valence-electron chi connectivity index (χ0n) is 17.7. The van der Waals surface area contributed by atoms with Crippen LogP contribution in [0.15, 0.2) is 18.2 Å². The molecule has 0 saturated carbocycles. The van der Waals surface area contributed by atoms with Crippen molar-refractivity contribution in [2.24, 2.45) is 0 Å². The number of benzene rings is 1. The Bertz CT molecular complexity index is 781. The lowest BCUT2D eigenvalue weighted by Gasteiger charge is -2.32. The van der Waals surface area contributed by atoms with Crippen molar-refractivity contribution >= 4 is 24.6 Å². The standard InChI is InChI=1S/C20H29BN2O6/c1-19(2)20(3,4)29-21(28-19)14-7-6-13(16(10-14)27-5)11-23(18(25)26)12-15-8-9-17(24)22-15/h6-7,10,15H,8-9,11-12H2,1-5H3,(H,22,24)(H,25,26)/t15-/m0/s1. The van der Waals surface area contributed by atoms with E-state index in [0.29, 0.717) is 18.6 Å². The summed E-state index contributed by atoms with van der Waals surface area (Å²) >= 11 is 0. The Morgan fingerprint density at radius 1 is 1.31 bits per heavy atom. The van der Waals surface area contributed by atoms with Gasteiger partial charge in [-0.05, 0) is 45.6 Å². The van der Waals surface area contributed by atoms with E-state index >= 15 is 0 Å². The Labute approximate surface area is 171 Å². The van der Waals surface area contributed by atoms with Gasteiger partial charge in [0.05, 0.1) is 24.9 Å². The number of hydrogen-bond donors (Lipinski definition) is 2. The van der Waals surface area contributed by atoms with Crippen LogP contribution in [0.1, 0.15) is 46.1 Å². The molecule has 1 atom stereocenters. The van der Waals surface area contributed by atoms with Gasteiger partial charge < -0.3 is 29.4 Å². The summed E-state index contributed by atoms with van der Waals surface area (Å²) in [7, 11) is 1.03. The number of carbonyl (C=O) groups is 2. The molecule has 2 saturated heterocycles. The van der Waals surface area contributed by atoms with Gasteiger partial charge in [-0.1, -0.05) is 12.1 Å². The number of nitrogens with one attached hydrogen (secondary N) is 1. The summed E-state index contributed by atoms with van der Waals surface area (Å²) in [6.07, 6.45) is 0.0356. The minimum absolute atomic E-state index is 0.0373. The Hall–Kier alpha value is -2.26. The fourth-order valence-corrected chi connectivity index (χ4v) is 3.51. The van der Waals surface area contributed by atoms with Gasteiger partial charge in [-0.15, -0.1) is 0 Å². The molecule has 2 aliphatic rings. The van der Waals surface area contributed by atoms with Crippen molar-refractivity contribution in [3.8, 4) is 5.75 Å². The first-order valence-corrected chi connectivity index (χ1v) is 9.82. The summed E-state index contributed by atoms with van der Waals surface area (Å²) < 4.78 is 17.7. The van der Waals surface area contributed by atoms with E-state index < -0.39 is 24.4 Å². The minimum atomic E-state index is -1.04. The van der Waals surface area contributed by atoms with Crippen molar-refractivity contribution in [3.05, 3.63) is 23.8 Å². The van der Waals surface area contributed by atoms with Crippen LogP contribution >= 0.6 is 0 Å². The van der Waals surface area contributed by atoms with E-state index in [2.05, 4.69) is 5.32 Å². The predicted octanol–water partition coefficient (Wildman–Crippen LogP) is 1.75. The van der Waals surface area contributed by atoms with Crippen LogP contribution < -0.4 is 15.5 Å². The quantitative estimate of drug-likeness (QED) is 0.702. The highest BCUT2D eigenvalue weighted by Gasteiger charge is 2.51. The molecule has 2 heterocycles. The predicted molar refractivity (Wildman–Crippen MR) is 108 cm³/mol. The summed E-state index contributed by atoms with van der Waals surface area (Å²) in [6, 6.07) is 5.38. The topological polar surface area (TPSA) is 97.3 Å². The van der Waals surface area contributed by atoms with Gasteiger partial charge in [0.2, 0.25) is 5.91 Å². The fourth-order valence-electron chi connectivity index (χ4n) is 3.51. The third-order valence-electron chi connectivity index (χ3n) is 5.99. The molecule has 0 bridgehead atoms. The number of carbonyl (C=O) groups excluding carboxylic acids is 1. The van der Waals surface area contributed by atoms with E-state index in [1.54, 1.807) is 7.11 Å². The molecule has 158 valence electrons. The number of nitrogens with zero attached hydrogens (tertiary/aromatic N) is 1. The first-order chi connectivity index (χ1) is 13.5. The van der Waals surface area contributed by atoms with Crippen LogP contribution in [0.3, 0.4) is 0 Å². The van der Waals surface area contributed by atoms with Crippen molar-refractivity contribution in [3.63, 3.8) is 0 Å². The van der Waals surface area contributed by atoms with Crippen molar-refractivity contribution in [1.29, 1.82) is 0 Å². The lowest BCUT2D eigenvalue weighted by Crippen LogP contribution is -2.41. The molecule has 0 aromatic heterocycles. The molecule has 2 fully saturated rings. The first kappa shape index (κ1) is 21.5. The van der Waals surface area contributed by atoms with Crippen LogP contribution in [-0.2, 0) is 20.6 Å². The molecule has 0 radical (unpaired) electrons. The molecule has 0 unspecified atom stereocenters. The lowest BCUT2D eigenvalue weighted by atomic mass is 9.78. The van der Waals surface area contributed by atoms with Crippen LogP contribution in [-0.4, -0.2) is 60.0 Å². The monoisotopic (exact) mass is 404 g/mol. The number of amides is 2. The molecule has 0 aliphatic carbocycles. The highest BCUT2D eigenvalue weighted by molar-refractivity contribution is 6.62. The van der Waals surface area contributed by atoms with Crippen LogP contribution in [0.25, 0.3) is 0 Å². The fraction of sp³-hybridized carbons (Fsp3) is 0.600. The molecule has 1 aromatic rings. The van der Waals surface area contributed by atoms with Gasteiger partial charge in [0.15, 0.2) is 0 Å². The SMILES string of the molecule is COc1cc(B2OC(C)(C)C(C)(C)O2)ccc1CN(C[C@@H]1CCC(=O)N1)C(=O)O. The van der Waals surface area contributed by atoms with Crippen molar-refractivity contribution in [1.82, 2.24) is 10.2 Å². The number of methoxy groups -OCH3 is 1. The van der Waals surface area contributed by atoms with E-state index in [4.69, 9.17) is 14.0 Å². The second kappa shape index (κ2) is 7.87. The number of rotatable bonds is 6. The molecule has 3 rings (SSSR count). The summed E-state index contributed by atoms with van der Waals surface area (Å²) in [5.74, 6) is 0.531. The number of ether oxygens (including phenoxy) is 1. The molecule has 8 nitrogen and oxygen atoms in total. The largest absolute Gasteiger partial charge is 0.496 e. The van der Waals surface area contributed by atoms with Crippen LogP contribution in [0.2, 0.25) is 0 Å². The van der Waals surface area contributed by atoms with E-state index in [9.17, 15) is 14.7 Å². The van der Waals surface area contributed by atoms with Gasteiger partial charge in [0, 0.05) is 24.6 Å². The zero-order chi connectivity index (χ0) is 21.4. The molecule has 2 aliphatic heterocycles. The van der Waals surface area contributed by atoms with E-state index in [0.717, 1.165) is 11.0 Å². The van der Waals surface area contributed by atoms with Crippen LogP contribution in [0.4, 0.5) is 4.79 Å². The Balaban J connectivity index is 1.76. The normalized spacial score (nSPS) is 22.4. The molecular weight excluding hydrogens is 375 g/mol. The van der Waals surface area contributed by atoms with Crippen molar-refractivity contribution in [2.75, 3.05) is 13.7 Å². The van der Waals surface area contributed by atoms with E-state index in [-0.39, 0.29) is 25.0 Å². The summed E-state index contributed by atoms with van der Waals surface area (Å²) in [5.41, 5.74) is 0.652. The Morgan fingerprint density at radius 3 is 2.48 bits per heavy atom. The van der Waals surface area contributed by atoms with Crippen LogP contribution in [0.5, 0.6) is 5.75 Å². The lowest BCUT2D eigenvalue weighted by molar-refractivity contribution is -0.119. The van der Waals surface area contributed by atoms with Gasteiger partial charge in [0.1, 0.15) is 5.75 Å². The summed E-state index contributed by atoms with van der Waals surface area (Å²) in [6.45, 7) is 8.37. The second-order valence-corrected chi connectivity index (χ2v) is 8.63. The maximum atomic E-state index is 11.7. The molecule has 2 N–H and O–H groups in total. The highest BCUT2D eigenvalue weighted by Crippen LogP contribution is 2.36. The summed E-state index contributed by atoms with van der Waals surface area (Å²) in [5, 5.41) is 12.4.